The predicted molar refractivity (Wildman–Crippen MR) is 51.8 cm³/mol. The molecule has 1 nitrogen and oxygen atoms in total. The van der Waals surface area contributed by atoms with Gasteiger partial charge in [-0.2, -0.15) is 0 Å². The van der Waals surface area contributed by atoms with Crippen LogP contribution < -0.4 is 0 Å². The summed E-state index contributed by atoms with van der Waals surface area (Å²) >= 11 is 5.82. The smallest absolute Gasteiger partial charge is 0.0317 e. The van der Waals surface area contributed by atoms with Gasteiger partial charge in [0.2, 0.25) is 0 Å². The van der Waals surface area contributed by atoms with Gasteiger partial charge in [-0.05, 0) is 18.2 Å². The number of nitrogens with zero attached hydrogens (tertiary/aromatic N) is 1. The lowest BCUT2D eigenvalue weighted by atomic mass is 10.2. The van der Waals surface area contributed by atoms with Gasteiger partial charge in [0.15, 0.2) is 0 Å². The molecule has 0 aliphatic heterocycles. The number of halogens is 1. The van der Waals surface area contributed by atoms with Crippen LogP contribution >= 0.6 is 11.8 Å². The molecule has 0 amide bonds. The van der Waals surface area contributed by atoms with E-state index in [1.165, 1.54) is 25.7 Å². The van der Waals surface area contributed by atoms with E-state index in [4.69, 9.17) is 11.8 Å². The molecule has 2 heteroatoms. The molecule has 0 saturated heterocycles. The Hall–Kier alpha value is -0.0100. The lowest BCUT2D eigenvalue weighted by molar-refractivity contribution is 0.470. The highest BCUT2D eigenvalue weighted by Gasteiger charge is 1.95. The van der Waals surface area contributed by atoms with Gasteiger partial charge in [0, 0.05) is 13.1 Å². The predicted octanol–water partition coefficient (Wildman–Crippen LogP) is 3.21. The molecule has 0 saturated carbocycles. The Balaban J connectivity index is 3.03. The van der Waals surface area contributed by atoms with E-state index in [-0.39, 0.29) is 0 Å². The van der Waals surface area contributed by atoms with Gasteiger partial charge in [-0.25, -0.2) is 4.42 Å². The third-order valence-corrected chi connectivity index (χ3v) is 1.89. The SMILES string of the molecule is C=CCN(Cl)CCCCCC. The van der Waals surface area contributed by atoms with Crippen molar-refractivity contribution < 1.29 is 0 Å². The third kappa shape index (κ3) is 7.89. The zero-order valence-electron chi connectivity index (χ0n) is 7.35. The van der Waals surface area contributed by atoms with Gasteiger partial charge < -0.3 is 0 Å². The van der Waals surface area contributed by atoms with Crippen LogP contribution in [0, 0.1) is 0 Å². The summed E-state index contributed by atoms with van der Waals surface area (Å²) < 4.78 is 1.78. The van der Waals surface area contributed by atoms with E-state index < -0.39 is 0 Å². The minimum Gasteiger partial charge on any atom is -0.216 e. The van der Waals surface area contributed by atoms with Crippen molar-refractivity contribution in [2.24, 2.45) is 0 Å². The van der Waals surface area contributed by atoms with Crippen molar-refractivity contribution in [1.82, 2.24) is 4.42 Å². The molecule has 0 bridgehead atoms. The van der Waals surface area contributed by atoms with Crippen molar-refractivity contribution in [3.63, 3.8) is 0 Å². The molecule has 0 aromatic carbocycles. The molecule has 0 aromatic heterocycles. The topological polar surface area (TPSA) is 3.24 Å². The maximum Gasteiger partial charge on any atom is 0.0317 e. The molecule has 0 N–H and O–H groups in total. The van der Waals surface area contributed by atoms with Crippen LogP contribution in [-0.2, 0) is 0 Å². The summed E-state index contributed by atoms with van der Waals surface area (Å²) in [6.45, 7) is 7.59. The van der Waals surface area contributed by atoms with E-state index in [2.05, 4.69) is 13.5 Å². The molecule has 0 fully saturated rings. The summed E-state index contributed by atoms with van der Waals surface area (Å²) in [7, 11) is 0. The Kier molecular flexibility index (Phi) is 8.08. The van der Waals surface area contributed by atoms with Gasteiger partial charge in [0.05, 0.1) is 0 Å². The van der Waals surface area contributed by atoms with E-state index in [0.717, 1.165) is 13.1 Å². The minimum absolute atomic E-state index is 0.785. The first-order valence-corrected chi connectivity index (χ1v) is 4.66. The second-order valence-electron chi connectivity index (χ2n) is 2.72. The van der Waals surface area contributed by atoms with E-state index in [1.807, 2.05) is 6.08 Å². The number of hydrogen-bond donors (Lipinski definition) is 0. The Morgan fingerprint density at radius 3 is 2.64 bits per heavy atom. The second-order valence-corrected chi connectivity index (χ2v) is 3.20. The molecule has 0 heterocycles. The summed E-state index contributed by atoms with van der Waals surface area (Å²) in [6.07, 6.45) is 6.91. The summed E-state index contributed by atoms with van der Waals surface area (Å²) in [5.41, 5.74) is 0. The first kappa shape index (κ1) is 11.0. The van der Waals surface area contributed by atoms with Gasteiger partial charge >= 0.3 is 0 Å². The fourth-order valence-electron chi connectivity index (χ4n) is 0.942. The summed E-state index contributed by atoms with van der Waals surface area (Å²) in [6, 6.07) is 0. The lowest BCUT2D eigenvalue weighted by Gasteiger charge is -2.09. The molecule has 0 aromatic rings. The second kappa shape index (κ2) is 8.09. The highest BCUT2D eigenvalue weighted by molar-refractivity contribution is 6.13. The molecule has 0 atom stereocenters. The fraction of sp³-hybridized carbons (Fsp3) is 0.778. The molecule has 0 rings (SSSR count). The molecule has 11 heavy (non-hydrogen) atoms. The lowest BCUT2D eigenvalue weighted by Crippen LogP contribution is -2.12. The Morgan fingerprint density at radius 1 is 1.36 bits per heavy atom. The first-order valence-electron chi connectivity index (χ1n) is 4.33. The standard InChI is InChI=1S/C9H18ClN/c1-3-5-6-7-9-11(10)8-4-2/h4H,2-3,5-9H2,1H3. The van der Waals surface area contributed by atoms with Crippen LogP contribution in [0.3, 0.4) is 0 Å². The number of rotatable bonds is 7. The van der Waals surface area contributed by atoms with Crippen molar-refractivity contribution in [2.75, 3.05) is 13.1 Å². The van der Waals surface area contributed by atoms with Gasteiger partial charge in [-0.15, -0.1) is 6.58 Å². The van der Waals surface area contributed by atoms with E-state index >= 15 is 0 Å². The fourth-order valence-corrected chi connectivity index (χ4v) is 1.16. The van der Waals surface area contributed by atoms with Gasteiger partial charge in [0.25, 0.3) is 0 Å². The van der Waals surface area contributed by atoms with E-state index in [1.54, 1.807) is 4.42 Å². The quantitative estimate of drug-likeness (QED) is 0.326. The first-order chi connectivity index (χ1) is 5.31. The van der Waals surface area contributed by atoms with Crippen molar-refractivity contribution >= 4 is 11.8 Å². The van der Waals surface area contributed by atoms with Crippen LogP contribution in [0.5, 0.6) is 0 Å². The molecular weight excluding hydrogens is 158 g/mol. The summed E-state index contributed by atoms with van der Waals surface area (Å²) in [5, 5.41) is 0. The summed E-state index contributed by atoms with van der Waals surface area (Å²) in [4.78, 5) is 0. The van der Waals surface area contributed by atoms with E-state index in [9.17, 15) is 0 Å². The minimum atomic E-state index is 0.785. The third-order valence-electron chi connectivity index (χ3n) is 1.58. The zero-order chi connectivity index (χ0) is 8.53. The Bertz CT molecular complexity index is 93.6. The van der Waals surface area contributed by atoms with Crippen LogP contribution in [0.4, 0.5) is 0 Å². The normalized spacial score (nSPS) is 10.5. The van der Waals surface area contributed by atoms with Crippen LogP contribution in [0.25, 0.3) is 0 Å². The molecule has 0 aliphatic carbocycles. The van der Waals surface area contributed by atoms with Crippen molar-refractivity contribution in [1.29, 1.82) is 0 Å². The molecule has 0 radical (unpaired) electrons. The number of unbranched alkanes of at least 4 members (excludes halogenated alkanes) is 3. The highest BCUT2D eigenvalue weighted by atomic mass is 35.5. The van der Waals surface area contributed by atoms with Crippen molar-refractivity contribution in [2.45, 2.75) is 32.6 Å². The molecule has 0 spiro atoms. The molecule has 0 aliphatic rings. The van der Waals surface area contributed by atoms with Gasteiger partial charge in [-0.3, -0.25) is 0 Å². The van der Waals surface area contributed by atoms with E-state index in [0.29, 0.717) is 0 Å². The van der Waals surface area contributed by atoms with Gasteiger partial charge in [0.1, 0.15) is 0 Å². The summed E-state index contributed by atoms with van der Waals surface area (Å²) in [5.74, 6) is 0. The monoisotopic (exact) mass is 175 g/mol. The highest BCUT2D eigenvalue weighted by Crippen LogP contribution is 2.02. The Morgan fingerprint density at radius 2 is 2.09 bits per heavy atom. The molecular formula is C9H18ClN. The van der Waals surface area contributed by atoms with Crippen LogP contribution in [-0.4, -0.2) is 17.5 Å². The molecule has 0 unspecified atom stereocenters. The van der Waals surface area contributed by atoms with Crippen molar-refractivity contribution in [3.05, 3.63) is 12.7 Å². The largest absolute Gasteiger partial charge is 0.216 e. The Labute approximate surface area is 75.1 Å². The van der Waals surface area contributed by atoms with Crippen LogP contribution in [0.2, 0.25) is 0 Å². The maximum absolute atomic E-state index is 5.82. The average molecular weight is 176 g/mol. The van der Waals surface area contributed by atoms with Crippen molar-refractivity contribution in [3.8, 4) is 0 Å². The average Bonchev–Trinajstić information content (AvgIpc) is 1.99. The number of hydrogen-bond acceptors (Lipinski definition) is 1. The zero-order valence-corrected chi connectivity index (χ0v) is 8.11. The molecule has 66 valence electrons. The van der Waals surface area contributed by atoms with Crippen LogP contribution in [0.1, 0.15) is 32.6 Å². The maximum atomic E-state index is 5.82. The van der Waals surface area contributed by atoms with Crippen LogP contribution in [0.15, 0.2) is 12.7 Å². The van der Waals surface area contributed by atoms with Gasteiger partial charge in [-0.1, -0.05) is 32.3 Å².